The zero-order valence-corrected chi connectivity index (χ0v) is 10.2. The Morgan fingerprint density at radius 2 is 2.06 bits per heavy atom. The second-order valence-corrected chi connectivity index (χ2v) is 5.38. The SMILES string of the molecule is CC(C)C1CCCC(N)(c2cncnc2)C1. The monoisotopic (exact) mass is 219 g/mol. The molecule has 0 aliphatic heterocycles. The summed E-state index contributed by atoms with van der Waals surface area (Å²) in [6, 6.07) is 0. The second kappa shape index (κ2) is 4.50. The normalized spacial score (nSPS) is 30.6. The first-order valence-corrected chi connectivity index (χ1v) is 6.16. The molecule has 1 aromatic heterocycles. The van der Waals surface area contributed by atoms with Crippen molar-refractivity contribution in [2.75, 3.05) is 0 Å². The van der Waals surface area contributed by atoms with Gasteiger partial charge in [-0.25, -0.2) is 9.97 Å². The first-order valence-electron chi connectivity index (χ1n) is 6.16. The van der Waals surface area contributed by atoms with Crippen molar-refractivity contribution in [2.24, 2.45) is 17.6 Å². The fourth-order valence-electron chi connectivity index (χ4n) is 2.74. The summed E-state index contributed by atoms with van der Waals surface area (Å²) in [5.74, 6) is 1.45. The Balaban J connectivity index is 2.19. The molecular weight excluding hydrogens is 198 g/mol. The first kappa shape index (κ1) is 11.5. The van der Waals surface area contributed by atoms with Crippen molar-refractivity contribution in [1.82, 2.24) is 9.97 Å². The van der Waals surface area contributed by atoms with Gasteiger partial charge < -0.3 is 5.73 Å². The predicted octanol–water partition coefficient (Wildman–Crippen LogP) is 2.48. The van der Waals surface area contributed by atoms with E-state index in [1.54, 1.807) is 6.33 Å². The minimum atomic E-state index is -0.200. The molecule has 0 saturated heterocycles. The van der Waals surface area contributed by atoms with Gasteiger partial charge in [-0.1, -0.05) is 26.7 Å². The van der Waals surface area contributed by atoms with Crippen molar-refractivity contribution in [3.63, 3.8) is 0 Å². The molecule has 1 heterocycles. The zero-order chi connectivity index (χ0) is 11.6. The van der Waals surface area contributed by atoms with E-state index in [9.17, 15) is 0 Å². The molecule has 1 aliphatic rings. The number of rotatable bonds is 2. The molecule has 2 rings (SSSR count). The molecule has 1 aromatic rings. The summed E-state index contributed by atoms with van der Waals surface area (Å²) in [6.07, 6.45) is 9.96. The van der Waals surface area contributed by atoms with Crippen LogP contribution in [0.15, 0.2) is 18.7 Å². The van der Waals surface area contributed by atoms with Crippen LogP contribution in [0.4, 0.5) is 0 Å². The van der Waals surface area contributed by atoms with Gasteiger partial charge in [-0.2, -0.15) is 0 Å². The van der Waals surface area contributed by atoms with Crippen molar-refractivity contribution in [2.45, 2.75) is 45.1 Å². The van der Waals surface area contributed by atoms with Crippen molar-refractivity contribution >= 4 is 0 Å². The van der Waals surface area contributed by atoms with E-state index in [2.05, 4.69) is 23.8 Å². The summed E-state index contributed by atoms with van der Waals surface area (Å²) < 4.78 is 0. The third-order valence-corrected chi connectivity index (χ3v) is 3.90. The van der Waals surface area contributed by atoms with Crippen molar-refractivity contribution in [1.29, 1.82) is 0 Å². The molecule has 2 atom stereocenters. The topological polar surface area (TPSA) is 51.8 Å². The van der Waals surface area contributed by atoms with Crippen LogP contribution in [0.2, 0.25) is 0 Å². The highest BCUT2D eigenvalue weighted by Gasteiger charge is 2.35. The molecule has 3 heteroatoms. The Bertz CT molecular complexity index is 336. The van der Waals surface area contributed by atoms with Gasteiger partial charge in [0.1, 0.15) is 6.33 Å². The van der Waals surface area contributed by atoms with Crippen LogP contribution in [0, 0.1) is 11.8 Å². The Kier molecular flexibility index (Phi) is 3.24. The minimum absolute atomic E-state index is 0.200. The standard InChI is InChI=1S/C13H21N3/c1-10(2)11-4-3-5-13(14,6-11)12-7-15-9-16-8-12/h7-11H,3-6,14H2,1-2H3. The van der Waals surface area contributed by atoms with Gasteiger partial charge in [0.15, 0.2) is 0 Å². The molecule has 3 nitrogen and oxygen atoms in total. The summed E-state index contributed by atoms with van der Waals surface area (Å²) >= 11 is 0. The van der Waals surface area contributed by atoms with E-state index in [1.165, 1.54) is 12.8 Å². The third kappa shape index (κ3) is 2.24. The van der Waals surface area contributed by atoms with Crippen LogP contribution in [0.25, 0.3) is 0 Å². The van der Waals surface area contributed by atoms with E-state index in [0.29, 0.717) is 5.92 Å². The first-order chi connectivity index (χ1) is 7.62. The van der Waals surface area contributed by atoms with Gasteiger partial charge in [-0.3, -0.25) is 0 Å². The average molecular weight is 219 g/mol. The lowest BCUT2D eigenvalue weighted by Crippen LogP contribution is -2.42. The number of aromatic nitrogens is 2. The summed E-state index contributed by atoms with van der Waals surface area (Å²) in [7, 11) is 0. The fraction of sp³-hybridized carbons (Fsp3) is 0.692. The minimum Gasteiger partial charge on any atom is -0.321 e. The molecule has 0 amide bonds. The molecule has 0 bridgehead atoms. The maximum absolute atomic E-state index is 6.53. The van der Waals surface area contributed by atoms with Gasteiger partial charge in [0.25, 0.3) is 0 Å². The Morgan fingerprint density at radius 3 is 2.69 bits per heavy atom. The highest BCUT2D eigenvalue weighted by molar-refractivity contribution is 5.17. The average Bonchev–Trinajstić information content (AvgIpc) is 2.30. The highest BCUT2D eigenvalue weighted by Crippen LogP contribution is 2.40. The van der Waals surface area contributed by atoms with Crippen LogP contribution >= 0.6 is 0 Å². The quantitative estimate of drug-likeness (QED) is 0.831. The number of nitrogens with two attached hydrogens (primary N) is 1. The van der Waals surface area contributed by atoms with Crippen LogP contribution in [0.5, 0.6) is 0 Å². The molecule has 2 unspecified atom stereocenters. The molecule has 1 aliphatic carbocycles. The molecule has 88 valence electrons. The van der Waals surface area contributed by atoms with Gasteiger partial charge in [0, 0.05) is 23.5 Å². The van der Waals surface area contributed by atoms with Crippen LogP contribution in [0.3, 0.4) is 0 Å². The molecule has 0 spiro atoms. The molecule has 16 heavy (non-hydrogen) atoms. The largest absolute Gasteiger partial charge is 0.321 e. The fourth-order valence-corrected chi connectivity index (χ4v) is 2.74. The zero-order valence-electron chi connectivity index (χ0n) is 10.2. The van der Waals surface area contributed by atoms with Crippen molar-refractivity contribution < 1.29 is 0 Å². The van der Waals surface area contributed by atoms with Crippen LogP contribution < -0.4 is 5.73 Å². The molecule has 1 fully saturated rings. The Labute approximate surface area is 97.5 Å². The van der Waals surface area contributed by atoms with Gasteiger partial charge in [0.05, 0.1) is 0 Å². The molecule has 0 aromatic carbocycles. The lowest BCUT2D eigenvalue weighted by molar-refractivity contribution is 0.183. The maximum Gasteiger partial charge on any atom is 0.115 e. The van der Waals surface area contributed by atoms with E-state index < -0.39 is 0 Å². The Hall–Kier alpha value is -0.960. The Morgan fingerprint density at radius 1 is 1.38 bits per heavy atom. The molecule has 0 radical (unpaired) electrons. The second-order valence-electron chi connectivity index (χ2n) is 5.38. The maximum atomic E-state index is 6.53. The van der Waals surface area contributed by atoms with E-state index in [1.807, 2.05) is 12.4 Å². The van der Waals surface area contributed by atoms with Crippen LogP contribution in [-0.4, -0.2) is 9.97 Å². The van der Waals surface area contributed by atoms with Crippen LogP contribution in [-0.2, 0) is 5.54 Å². The third-order valence-electron chi connectivity index (χ3n) is 3.90. The van der Waals surface area contributed by atoms with E-state index in [-0.39, 0.29) is 5.54 Å². The van der Waals surface area contributed by atoms with Gasteiger partial charge >= 0.3 is 0 Å². The summed E-state index contributed by atoms with van der Waals surface area (Å²) in [5.41, 5.74) is 7.43. The molecule has 1 saturated carbocycles. The summed E-state index contributed by atoms with van der Waals surface area (Å²) in [5, 5.41) is 0. The lowest BCUT2D eigenvalue weighted by Gasteiger charge is -2.39. The van der Waals surface area contributed by atoms with E-state index in [4.69, 9.17) is 5.73 Å². The number of nitrogens with zero attached hydrogens (tertiary/aromatic N) is 2. The summed E-state index contributed by atoms with van der Waals surface area (Å²) in [6.45, 7) is 4.58. The van der Waals surface area contributed by atoms with Crippen molar-refractivity contribution in [3.05, 3.63) is 24.3 Å². The van der Waals surface area contributed by atoms with Gasteiger partial charge in [-0.15, -0.1) is 0 Å². The summed E-state index contributed by atoms with van der Waals surface area (Å²) in [4.78, 5) is 8.17. The van der Waals surface area contributed by atoms with Crippen LogP contribution in [0.1, 0.15) is 45.1 Å². The smallest absolute Gasteiger partial charge is 0.115 e. The van der Waals surface area contributed by atoms with E-state index >= 15 is 0 Å². The highest BCUT2D eigenvalue weighted by atomic mass is 14.8. The van der Waals surface area contributed by atoms with Gasteiger partial charge in [-0.05, 0) is 24.7 Å². The molecular formula is C13H21N3. The van der Waals surface area contributed by atoms with Gasteiger partial charge in [0.2, 0.25) is 0 Å². The molecule has 2 N–H and O–H groups in total. The predicted molar refractivity (Wildman–Crippen MR) is 64.7 cm³/mol. The lowest BCUT2D eigenvalue weighted by atomic mass is 9.70. The number of hydrogen-bond donors (Lipinski definition) is 1. The van der Waals surface area contributed by atoms with E-state index in [0.717, 1.165) is 24.3 Å². The van der Waals surface area contributed by atoms with Crippen molar-refractivity contribution in [3.8, 4) is 0 Å². The number of hydrogen-bond acceptors (Lipinski definition) is 3.